The Morgan fingerprint density at radius 2 is 1.87 bits per heavy atom. The summed E-state index contributed by atoms with van der Waals surface area (Å²) in [5.74, 6) is -0.0339. The lowest BCUT2D eigenvalue weighted by Crippen LogP contribution is -2.45. The van der Waals surface area contributed by atoms with Gasteiger partial charge in [-0.2, -0.15) is 4.31 Å². The van der Waals surface area contributed by atoms with Crippen LogP contribution in [0.3, 0.4) is 0 Å². The Kier molecular flexibility index (Phi) is 9.10. The van der Waals surface area contributed by atoms with Crippen molar-refractivity contribution >= 4 is 27.5 Å². The molecule has 0 radical (unpaired) electrons. The van der Waals surface area contributed by atoms with Crippen molar-refractivity contribution in [2.24, 2.45) is 0 Å². The molecular weight excluding hydrogens is 428 g/mol. The molecule has 9 heteroatoms. The fourth-order valence-electron chi connectivity index (χ4n) is 2.91. The molecule has 2 aromatic rings. The Morgan fingerprint density at radius 3 is 2.47 bits per heavy atom. The van der Waals surface area contributed by atoms with E-state index in [-0.39, 0.29) is 29.0 Å². The molecule has 0 aromatic heterocycles. The summed E-state index contributed by atoms with van der Waals surface area (Å²) in [7, 11) is -0.975. The first-order valence-corrected chi connectivity index (χ1v) is 11.3. The van der Waals surface area contributed by atoms with Crippen molar-refractivity contribution < 1.29 is 22.7 Å². The fraction of sp³-hybridized carbons (Fsp3) is 0.381. The third-order valence-corrected chi connectivity index (χ3v) is 6.53. The molecule has 0 bridgehead atoms. The summed E-state index contributed by atoms with van der Waals surface area (Å²) in [5, 5.41) is 2.93. The molecule has 30 heavy (non-hydrogen) atoms. The second-order valence-corrected chi connectivity index (χ2v) is 9.14. The summed E-state index contributed by atoms with van der Waals surface area (Å²) in [6, 6.07) is 13.5. The average Bonchev–Trinajstić information content (AvgIpc) is 2.71. The maximum Gasteiger partial charge on any atom is 0.243 e. The molecule has 0 aliphatic heterocycles. The smallest absolute Gasteiger partial charge is 0.243 e. The molecule has 0 saturated carbocycles. The van der Waals surface area contributed by atoms with Crippen LogP contribution >= 0.6 is 11.6 Å². The Bertz CT molecular complexity index is 938. The molecule has 2 rings (SSSR count). The second-order valence-electron chi connectivity index (χ2n) is 6.79. The summed E-state index contributed by atoms with van der Waals surface area (Å²) >= 11 is 6.12. The predicted octanol–water partition coefficient (Wildman–Crippen LogP) is 2.73. The van der Waals surface area contributed by atoms with Crippen molar-refractivity contribution in [2.45, 2.75) is 24.3 Å². The minimum atomic E-state index is -3.96. The third kappa shape index (κ3) is 6.70. The van der Waals surface area contributed by atoms with Crippen LogP contribution in [0.25, 0.3) is 0 Å². The van der Waals surface area contributed by atoms with Gasteiger partial charge in [0, 0.05) is 19.7 Å². The van der Waals surface area contributed by atoms with E-state index in [1.54, 1.807) is 6.92 Å². The van der Waals surface area contributed by atoms with Crippen LogP contribution < -0.4 is 10.1 Å². The molecule has 0 saturated heterocycles. The Morgan fingerprint density at radius 1 is 1.17 bits per heavy atom. The van der Waals surface area contributed by atoms with Crippen LogP contribution in [0.5, 0.6) is 5.75 Å². The molecule has 0 aliphatic rings. The first-order chi connectivity index (χ1) is 14.3. The molecule has 1 amide bonds. The van der Waals surface area contributed by atoms with Gasteiger partial charge in [-0.3, -0.25) is 4.79 Å². The number of nitrogens with zero attached hydrogens (tertiary/aromatic N) is 1. The quantitative estimate of drug-likeness (QED) is 0.564. The maximum absolute atomic E-state index is 13.3. The molecule has 7 nitrogen and oxygen atoms in total. The van der Waals surface area contributed by atoms with Gasteiger partial charge in [-0.1, -0.05) is 41.9 Å². The molecule has 0 spiro atoms. The predicted molar refractivity (Wildman–Crippen MR) is 116 cm³/mol. The van der Waals surface area contributed by atoms with Gasteiger partial charge in [0.05, 0.1) is 30.2 Å². The van der Waals surface area contributed by atoms with E-state index in [1.165, 1.54) is 32.4 Å². The van der Waals surface area contributed by atoms with Gasteiger partial charge in [-0.05, 0) is 37.1 Å². The number of methoxy groups -OCH3 is 2. The molecule has 0 heterocycles. The topological polar surface area (TPSA) is 84.9 Å². The summed E-state index contributed by atoms with van der Waals surface area (Å²) < 4.78 is 37.8. The standard InChI is InChI=1S/C21H27ClN2O5S/c1-16(15-28-2)23-21(25)14-24(12-11-17-7-5-4-6-8-17)30(26,27)18-9-10-20(29-3)19(22)13-18/h4-10,13,16H,11-12,14-15H2,1-3H3,(H,23,25)/t16-/m1/s1. The number of amides is 1. The number of hydrogen-bond donors (Lipinski definition) is 1. The largest absolute Gasteiger partial charge is 0.495 e. The fourth-order valence-corrected chi connectivity index (χ4v) is 4.66. The molecule has 1 atom stereocenters. The highest BCUT2D eigenvalue weighted by molar-refractivity contribution is 7.89. The monoisotopic (exact) mass is 454 g/mol. The van der Waals surface area contributed by atoms with Crippen LogP contribution in [0.1, 0.15) is 12.5 Å². The van der Waals surface area contributed by atoms with Crippen LogP contribution in [-0.2, 0) is 26.0 Å². The van der Waals surface area contributed by atoms with E-state index in [0.29, 0.717) is 18.8 Å². The van der Waals surface area contributed by atoms with Gasteiger partial charge in [0.1, 0.15) is 5.75 Å². The van der Waals surface area contributed by atoms with Gasteiger partial charge < -0.3 is 14.8 Å². The van der Waals surface area contributed by atoms with Gasteiger partial charge >= 0.3 is 0 Å². The minimum Gasteiger partial charge on any atom is -0.495 e. The van der Waals surface area contributed by atoms with Crippen molar-refractivity contribution in [3.05, 3.63) is 59.1 Å². The van der Waals surface area contributed by atoms with Crippen molar-refractivity contribution in [1.29, 1.82) is 0 Å². The molecule has 0 aliphatic carbocycles. The zero-order valence-electron chi connectivity index (χ0n) is 17.3. The summed E-state index contributed by atoms with van der Waals surface area (Å²) in [5.41, 5.74) is 0.971. The average molecular weight is 455 g/mol. The van der Waals surface area contributed by atoms with Crippen LogP contribution in [0.15, 0.2) is 53.4 Å². The number of rotatable bonds is 11. The van der Waals surface area contributed by atoms with E-state index in [0.717, 1.165) is 9.87 Å². The lowest BCUT2D eigenvalue weighted by atomic mass is 10.1. The highest BCUT2D eigenvalue weighted by atomic mass is 35.5. The van der Waals surface area contributed by atoms with Crippen LogP contribution in [0.2, 0.25) is 5.02 Å². The van der Waals surface area contributed by atoms with E-state index in [9.17, 15) is 13.2 Å². The number of sulfonamides is 1. The number of nitrogens with one attached hydrogen (secondary N) is 1. The van der Waals surface area contributed by atoms with E-state index >= 15 is 0 Å². The van der Waals surface area contributed by atoms with Gasteiger partial charge in [0.25, 0.3) is 0 Å². The molecule has 2 aromatic carbocycles. The van der Waals surface area contributed by atoms with E-state index in [4.69, 9.17) is 21.1 Å². The highest BCUT2D eigenvalue weighted by Gasteiger charge is 2.27. The number of hydrogen-bond acceptors (Lipinski definition) is 5. The van der Waals surface area contributed by atoms with E-state index in [2.05, 4.69) is 5.32 Å². The molecule has 164 valence electrons. The SMILES string of the molecule is COC[C@@H](C)NC(=O)CN(CCc1ccccc1)S(=O)(=O)c1ccc(OC)c(Cl)c1. The molecule has 0 unspecified atom stereocenters. The van der Waals surface area contributed by atoms with Crippen molar-refractivity contribution in [3.8, 4) is 5.75 Å². The Labute approximate surface area is 183 Å². The second kappa shape index (κ2) is 11.3. The number of ether oxygens (including phenoxy) is 2. The van der Waals surface area contributed by atoms with Gasteiger partial charge in [0.15, 0.2) is 0 Å². The normalized spacial score (nSPS) is 12.6. The summed E-state index contributed by atoms with van der Waals surface area (Å²) in [4.78, 5) is 12.5. The number of carbonyl (C=O) groups excluding carboxylic acids is 1. The lowest BCUT2D eigenvalue weighted by molar-refractivity contribution is -0.122. The minimum absolute atomic E-state index is 0.000832. The lowest BCUT2D eigenvalue weighted by Gasteiger charge is -2.23. The summed E-state index contributed by atoms with van der Waals surface area (Å²) in [6.45, 7) is 1.94. The first kappa shape index (κ1) is 24.1. The van der Waals surface area contributed by atoms with Crippen molar-refractivity contribution in [1.82, 2.24) is 9.62 Å². The van der Waals surface area contributed by atoms with Gasteiger partial charge in [-0.15, -0.1) is 0 Å². The third-order valence-electron chi connectivity index (χ3n) is 4.40. The van der Waals surface area contributed by atoms with E-state index < -0.39 is 15.9 Å². The summed E-state index contributed by atoms with van der Waals surface area (Å²) in [6.07, 6.45) is 0.463. The number of halogens is 1. The van der Waals surface area contributed by atoms with E-state index in [1.807, 2.05) is 30.3 Å². The molecular formula is C21H27ClN2O5S. The van der Waals surface area contributed by atoms with Gasteiger partial charge in [0.2, 0.25) is 15.9 Å². The number of benzene rings is 2. The molecule has 1 N–H and O–H groups in total. The zero-order valence-corrected chi connectivity index (χ0v) is 18.9. The molecule has 0 fully saturated rings. The Balaban J connectivity index is 2.26. The Hall–Kier alpha value is -2.13. The highest BCUT2D eigenvalue weighted by Crippen LogP contribution is 2.28. The maximum atomic E-state index is 13.3. The van der Waals surface area contributed by atoms with Crippen LogP contribution in [-0.4, -0.2) is 58.6 Å². The van der Waals surface area contributed by atoms with Gasteiger partial charge in [-0.25, -0.2) is 8.42 Å². The van der Waals surface area contributed by atoms with Crippen LogP contribution in [0.4, 0.5) is 0 Å². The zero-order chi connectivity index (χ0) is 22.1. The first-order valence-electron chi connectivity index (χ1n) is 9.43. The van der Waals surface area contributed by atoms with Crippen LogP contribution in [0, 0.1) is 0 Å². The van der Waals surface area contributed by atoms with Crippen molar-refractivity contribution in [3.63, 3.8) is 0 Å². The number of carbonyl (C=O) groups is 1. The van der Waals surface area contributed by atoms with Crippen molar-refractivity contribution in [2.75, 3.05) is 33.9 Å².